The van der Waals surface area contributed by atoms with Crippen LogP contribution in [0.15, 0.2) is 17.4 Å². The summed E-state index contributed by atoms with van der Waals surface area (Å²) in [7, 11) is 1.52. The molecule has 0 spiro atoms. The monoisotopic (exact) mass is 179 g/mol. The molecule has 1 aromatic rings. The van der Waals surface area contributed by atoms with Gasteiger partial charge in [-0.05, 0) is 12.5 Å². The van der Waals surface area contributed by atoms with Crippen LogP contribution in [0.1, 0.15) is 18.8 Å². The molecule has 0 aliphatic heterocycles. The van der Waals surface area contributed by atoms with E-state index >= 15 is 0 Å². The van der Waals surface area contributed by atoms with Gasteiger partial charge in [0.1, 0.15) is 5.82 Å². The van der Waals surface area contributed by atoms with Crippen LogP contribution in [0.5, 0.6) is 5.88 Å². The zero-order valence-electron chi connectivity index (χ0n) is 7.38. The van der Waals surface area contributed by atoms with Gasteiger partial charge in [-0.15, -0.1) is 0 Å². The Morgan fingerprint density at radius 2 is 2.46 bits per heavy atom. The van der Waals surface area contributed by atoms with Gasteiger partial charge >= 0.3 is 0 Å². The summed E-state index contributed by atoms with van der Waals surface area (Å²) in [6, 6.07) is 1.26. The summed E-state index contributed by atoms with van der Waals surface area (Å²) in [5.41, 5.74) is 8.20. The molecular weight excluding hydrogens is 170 g/mol. The van der Waals surface area contributed by atoms with Gasteiger partial charge in [0.25, 0.3) is 0 Å². The molecule has 0 aliphatic carbocycles. The number of azide groups is 1. The smallest absolute Gasteiger partial charge is 0.216 e. The van der Waals surface area contributed by atoms with Crippen molar-refractivity contribution in [1.82, 2.24) is 9.97 Å². The normalized spacial score (nSPS) is 11.5. The minimum Gasteiger partial charge on any atom is -0.481 e. The quantitative estimate of drug-likeness (QED) is 0.403. The molecule has 6 heteroatoms. The Hall–Kier alpha value is -1.81. The van der Waals surface area contributed by atoms with E-state index in [1.807, 2.05) is 0 Å². The number of nitrogens with zero attached hydrogens (tertiary/aromatic N) is 5. The van der Waals surface area contributed by atoms with E-state index < -0.39 is 0 Å². The van der Waals surface area contributed by atoms with Gasteiger partial charge in [-0.2, -0.15) is 4.98 Å². The Labute approximate surface area is 75.2 Å². The van der Waals surface area contributed by atoms with Crippen molar-refractivity contribution in [2.75, 3.05) is 7.11 Å². The fourth-order valence-electron chi connectivity index (χ4n) is 0.801. The number of aromatic nitrogens is 2. The summed E-state index contributed by atoms with van der Waals surface area (Å²) in [4.78, 5) is 10.6. The Morgan fingerprint density at radius 1 is 1.69 bits per heavy atom. The lowest BCUT2D eigenvalue weighted by Crippen LogP contribution is -1.99. The van der Waals surface area contributed by atoms with Crippen molar-refractivity contribution in [3.05, 3.63) is 28.5 Å². The average molecular weight is 179 g/mol. The largest absolute Gasteiger partial charge is 0.481 e. The van der Waals surface area contributed by atoms with Crippen LogP contribution in [0.4, 0.5) is 0 Å². The van der Waals surface area contributed by atoms with Crippen LogP contribution >= 0.6 is 0 Å². The fourth-order valence-corrected chi connectivity index (χ4v) is 0.801. The minimum atomic E-state index is -0.375. The number of methoxy groups -OCH3 is 1. The highest BCUT2D eigenvalue weighted by Crippen LogP contribution is 2.14. The Morgan fingerprint density at radius 3 is 3.08 bits per heavy atom. The van der Waals surface area contributed by atoms with Crippen molar-refractivity contribution in [1.29, 1.82) is 0 Å². The molecule has 13 heavy (non-hydrogen) atoms. The van der Waals surface area contributed by atoms with Crippen LogP contribution in [0, 0.1) is 0 Å². The molecular formula is C7H9N5O. The van der Waals surface area contributed by atoms with Crippen molar-refractivity contribution in [3.63, 3.8) is 0 Å². The minimum absolute atomic E-state index is 0.375. The average Bonchev–Trinajstić information content (AvgIpc) is 2.18. The summed E-state index contributed by atoms with van der Waals surface area (Å²) >= 11 is 0. The third kappa shape index (κ3) is 2.31. The zero-order valence-corrected chi connectivity index (χ0v) is 7.38. The maximum atomic E-state index is 8.20. The van der Waals surface area contributed by atoms with E-state index in [9.17, 15) is 0 Å². The SMILES string of the molecule is COc1ccnc(C(C)N=[N+]=[N-])n1. The molecule has 0 amide bonds. The van der Waals surface area contributed by atoms with Crippen molar-refractivity contribution in [2.24, 2.45) is 5.11 Å². The van der Waals surface area contributed by atoms with Crippen LogP contribution in [0.25, 0.3) is 10.4 Å². The third-order valence-electron chi connectivity index (χ3n) is 1.46. The first-order valence-electron chi connectivity index (χ1n) is 3.69. The molecule has 1 unspecified atom stereocenters. The lowest BCUT2D eigenvalue weighted by atomic mass is 10.3. The van der Waals surface area contributed by atoms with Gasteiger partial charge in [-0.3, -0.25) is 0 Å². The van der Waals surface area contributed by atoms with Gasteiger partial charge in [-0.1, -0.05) is 5.11 Å². The first-order chi connectivity index (χ1) is 6.27. The van der Waals surface area contributed by atoms with Crippen LogP contribution in [0.2, 0.25) is 0 Å². The lowest BCUT2D eigenvalue weighted by molar-refractivity contribution is 0.393. The zero-order chi connectivity index (χ0) is 9.68. The molecule has 0 fully saturated rings. The molecule has 1 heterocycles. The molecule has 0 N–H and O–H groups in total. The Balaban J connectivity index is 2.94. The van der Waals surface area contributed by atoms with Crippen LogP contribution in [0.3, 0.4) is 0 Å². The van der Waals surface area contributed by atoms with E-state index in [1.54, 1.807) is 19.2 Å². The van der Waals surface area contributed by atoms with Gasteiger partial charge in [0.2, 0.25) is 5.88 Å². The molecule has 6 nitrogen and oxygen atoms in total. The standard InChI is InChI=1S/C7H9N5O/c1-5(11-12-8)7-9-4-3-6(10-7)13-2/h3-5H,1-2H3. The Bertz CT molecular complexity index is 333. The van der Waals surface area contributed by atoms with E-state index in [0.717, 1.165) is 0 Å². The topological polar surface area (TPSA) is 83.8 Å². The van der Waals surface area contributed by atoms with Crippen LogP contribution in [-0.2, 0) is 0 Å². The van der Waals surface area contributed by atoms with Crippen LogP contribution in [-0.4, -0.2) is 17.1 Å². The molecule has 1 rings (SSSR count). The molecule has 0 aliphatic rings. The van der Waals surface area contributed by atoms with E-state index in [-0.39, 0.29) is 6.04 Å². The van der Waals surface area contributed by atoms with Crippen molar-refractivity contribution in [2.45, 2.75) is 13.0 Å². The van der Waals surface area contributed by atoms with Gasteiger partial charge in [0, 0.05) is 17.2 Å². The van der Waals surface area contributed by atoms with Crippen molar-refractivity contribution < 1.29 is 4.74 Å². The molecule has 68 valence electrons. The molecule has 0 saturated carbocycles. The first-order valence-corrected chi connectivity index (χ1v) is 3.69. The van der Waals surface area contributed by atoms with Crippen molar-refractivity contribution in [3.8, 4) is 5.88 Å². The van der Waals surface area contributed by atoms with E-state index in [0.29, 0.717) is 11.7 Å². The maximum Gasteiger partial charge on any atom is 0.216 e. The fraction of sp³-hybridized carbons (Fsp3) is 0.429. The maximum absolute atomic E-state index is 8.20. The molecule has 0 saturated heterocycles. The van der Waals surface area contributed by atoms with E-state index in [2.05, 4.69) is 20.0 Å². The van der Waals surface area contributed by atoms with E-state index in [4.69, 9.17) is 10.3 Å². The lowest BCUT2D eigenvalue weighted by Gasteiger charge is -2.03. The first kappa shape index (κ1) is 9.28. The van der Waals surface area contributed by atoms with Gasteiger partial charge in [-0.25, -0.2) is 4.98 Å². The molecule has 0 bridgehead atoms. The number of rotatable bonds is 3. The Kier molecular flexibility index (Phi) is 3.05. The van der Waals surface area contributed by atoms with Gasteiger partial charge in [0.05, 0.1) is 13.2 Å². The van der Waals surface area contributed by atoms with Crippen LogP contribution < -0.4 is 4.74 Å². The second kappa shape index (κ2) is 4.27. The second-order valence-corrected chi connectivity index (χ2v) is 2.34. The summed E-state index contributed by atoms with van der Waals surface area (Å²) in [6.07, 6.45) is 1.56. The van der Waals surface area contributed by atoms with E-state index in [1.165, 1.54) is 7.11 Å². The molecule has 0 radical (unpaired) electrons. The predicted molar refractivity (Wildman–Crippen MR) is 46.1 cm³/mol. The number of ether oxygens (including phenoxy) is 1. The molecule has 0 aromatic carbocycles. The third-order valence-corrected chi connectivity index (χ3v) is 1.46. The predicted octanol–water partition coefficient (Wildman–Crippen LogP) is 1.86. The van der Waals surface area contributed by atoms with Gasteiger partial charge in [0.15, 0.2) is 0 Å². The highest BCUT2D eigenvalue weighted by atomic mass is 16.5. The highest BCUT2D eigenvalue weighted by Gasteiger charge is 2.06. The number of hydrogen-bond donors (Lipinski definition) is 0. The highest BCUT2D eigenvalue weighted by molar-refractivity contribution is 5.09. The number of hydrogen-bond acceptors (Lipinski definition) is 4. The summed E-state index contributed by atoms with van der Waals surface area (Å²) in [6.45, 7) is 1.72. The summed E-state index contributed by atoms with van der Waals surface area (Å²) in [5.74, 6) is 0.919. The second-order valence-electron chi connectivity index (χ2n) is 2.34. The molecule has 1 atom stereocenters. The molecule has 1 aromatic heterocycles. The van der Waals surface area contributed by atoms with Gasteiger partial charge < -0.3 is 4.74 Å². The summed E-state index contributed by atoms with van der Waals surface area (Å²) < 4.78 is 4.90. The van der Waals surface area contributed by atoms with Crippen molar-refractivity contribution >= 4 is 0 Å². The summed E-state index contributed by atoms with van der Waals surface area (Å²) in [5, 5.41) is 3.47.